The van der Waals surface area contributed by atoms with Crippen LogP contribution in [0.1, 0.15) is 0 Å². The highest BCUT2D eigenvalue weighted by molar-refractivity contribution is 7.07. The molecule has 0 fully saturated rings. The molecule has 8 heteroatoms. The molecule has 0 unspecified atom stereocenters. The monoisotopic (exact) mass is 275 g/mol. The Balaban J connectivity index is 0.000000229. The summed E-state index contributed by atoms with van der Waals surface area (Å²) < 4.78 is 0. The van der Waals surface area contributed by atoms with Crippen molar-refractivity contribution in [3.63, 3.8) is 0 Å². The lowest BCUT2D eigenvalue weighted by atomic mass is 10.3. The van der Waals surface area contributed by atoms with E-state index in [0.29, 0.717) is 0 Å². The molecule has 2 aromatic rings. The van der Waals surface area contributed by atoms with Gasteiger partial charge in [0.05, 0.1) is 17.6 Å². The van der Waals surface area contributed by atoms with E-state index in [1.807, 2.05) is 10.8 Å². The van der Waals surface area contributed by atoms with Crippen molar-refractivity contribution in [2.75, 3.05) is 6.61 Å². The first-order chi connectivity index (χ1) is 8.18. The van der Waals surface area contributed by atoms with Gasteiger partial charge in [-0.2, -0.15) is 0 Å². The zero-order valence-electron chi connectivity index (χ0n) is 8.84. The van der Waals surface area contributed by atoms with Crippen LogP contribution in [0.3, 0.4) is 0 Å². The van der Waals surface area contributed by atoms with Gasteiger partial charge in [0.1, 0.15) is 6.04 Å². The van der Waals surface area contributed by atoms with Crippen LogP contribution in [0.5, 0.6) is 0 Å². The Kier molecular flexibility index (Phi) is 10.3. The van der Waals surface area contributed by atoms with Crippen molar-refractivity contribution in [3.05, 3.63) is 34.2 Å². The van der Waals surface area contributed by atoms with Gasteiger partial charge in [-0.15, -0.1) is 22.7 Å². The summed E-state index contributed by atoms with van der Waals surface area (Å²) in [6.07, 6.45) is 3.54. The van der Waals surface area contributed by atoms with Crippen LogP contribution in [-0.4, -0.2) is 38.8 Å². The zero-order chi connectivity index (χ0) is 12.9. The number of aliphatic hydroxyl groups is 1. The van der Waals surface area contributed by atoms with Crippen molar-refractivity contribution in [2.45, 2.75) is 6.04 Å². The average Bonchev–Trinajstić information content (AvgIpc) is 3.04. The van der Waals surface area contributed by atoms with E-state index in [0.717, 1.165) is 0 Å². The Morgan fingerprint density at radius 1 is 1.24 bits per heavy atom. The van der Waals surface area contributed by atoms with Crippen LogP contribution in [0.2, 0.25) is 0 Å². The Hall–Kier alpha value is -1.35. The van der Waals surface area contributed by atoms with Crippen molar-refractivity contribution in [1.29, 1.82) is 0 Å². The Morgan fingerprint density at radius 2 is 1.71 bits per heavy atom. The third-order valence-electron chi connectivity index (χ3n) is 1.21. The molecule has 0 saturated heterocycles. The molecule has 0 saturated carbocycles. The summed E-state index contributed by atoms with van der Waals surface area (Å²) in [5.41, 5.74) is 8.35. The molecule has 0 aromatic carbocycles. The van der Waals surface area contributed by atoms with Gasteiger partial charge in [-0.1, -0.05) is 0 Å². The highest BCUT2D eigenvalue weighted by Gasteiger charge is 2.06. The molecule has 2 heterocycles. The first kappa shape index (κ1) is 15.7. The van der Waals surface area contributed by atoms with Crippen molar-refractivity contribution in [3.8, 4) is 0 Å². The maximum Gasteiger partial charge on any atom is 0.322 e. The number of nitrogens with two attached hydrogens (primary N) is 1. The van der Waals surface area contributed by atoms with E-state index in [9.17, 15) is 4.79 Å². The molecule has 17 heavy (non-hydrogen) atoms. The van der Waals surface area contributed by atoms with Gasteiger partial charge < -0.3 is 15.9 Å². The lowest BCUT2D eigenvalue weighted by molar-refractivity contribution is -0.139. The predicted octanol–water partition coefficient (Wildman–Crippen LogP) is 0.677. The van der Waals surface area contributed by atoms with E-state index in [-0.39, 0.29) is 0 Å². The predicted molar refractivity (Wildman–Crippen MR) is 66.9 cm³/mol. The quantitative estimate of drug-likeness (QED) is 0.743. The SMILES string of the molecule is N[C@@H](CO)C(=O)O.c1cscn1.c1cscn1. The van der Waals surface area contributed by atoms with Crippen molar-refractivity contribution in [2.24, 2.45) is 5.73 Å². The number of aliphatic hydroxyl groups excluding tert-OH is 1. The molecule has 0 aliphatic carbocycles. The molecule has 4 N–H and O–H groups in total. The molecule has 0 radical (unpaired) electrons. The fraction of sp³-hybridized carbons (Fsp3) is 0.222. The summed E-state index contributed by atoms with van der Waals surface area (Å²) in [6, 6.07) is -1.13. The number of thiazole rings is 2. The molecular weight excluding hydrogens is 262 g/mol. The van der Waals surface area contributed by atoms with E-state index in [1.54, 1.807) is 46.1 Å². The highest BCUT2D eigenvalue weighted by Crippen LogP contribution is 1.86. The third-order valence-corrected chi connectivity index (χ3v) is 2.25. The molecule has 1 atom stereocenters. The summed E-state index contributed by atoms with van der Waals surface area (Å²) in [6.45, 7) is -0.505. The molecule has 94 valence electrons. The van der Waals surface area contributed by atoms with E-state index in [1.165, 1.54) is 0 Å². The number of nitrogens with zero attached hydrogens (tertiary/aromatic N) is 2. The maximum atomic E-state index is 9.65. The second-order valence-corrected chi connectivity index (χ2v) is 3.99. The van der Waals surface area contributed by atoms with Gasteiger partial charge in [-0.3, -0.25) is 14.8 Å². The molecule has 2 aromatic heterocycles. The second kappa shape index (κ2) is 11.1. The largest absolute Gasteiger partial charge is 0.480 e. The van der Waals surface area contributed by atoms with Crippen LogP contribution in [0, 0.1) is 0 Å². The fourth-order valence-corrected chi connectivity index (χ4v) is 1.13. The average molecular weight is 275 g/mol. The van der Waals surface area contributed by atoms with Crippen LogP contribution in [0.25, 0.3) is 0 Å². The number of rotatable bonds is 2. The van der Waals surface area contributed by atoms with Gasteiger partial charge >= 0.3 is 5.97 Å². The summed E-state index contributed by atoms with van der Waals surface area (Å²) >= 11 is 3.20. The Labute approximate surface area is 106 Å². The number of carboxylic acid groups (broad SMARTS) is 1. The highest BCUT2D eigenvalue weighted by atomic mass is 32.1. The first-order valence-electron chi connectivity index (χ1n) is 4.42. The van der Waals surface area contributed by atoms with Gasteiger partial charge in [0.25, 0.3) is 0 Å². The smallest absolute Gasteiger partial charge is 0.322 e. The summed E-state index contributed by atoms with van der Waals surface area (Å²) in [5, 5.41) is 19.8. The van der Waals surface area contributed by atoms with Crippen molar-refractivity contribution >= 4 is 28.6 Å². The van der Waals surface area contributed by atoms with Crippen molar-refractivity contribution in [1.82, 2.24) is 9.97 Å². The molecule has 0 bridgehead atoms. The maximum absolute atomic E-state index is 9.65. The minimum Gasteiger partial charge on any atom is -0.480 e. The summed E-state index contributed by atoms with van der Waals surface area (Å²) in [7, 11) is 0. The molecule has 0 amide bonds. The number of hydrogen-bond acceptors (Lipinski definition) is 7. The standard InChI is InChI=1S/C3H7NO3.2C3H3NS/c4-2(1-5)3(6)7;2*1-2-5-3-4-1/h2,5H,1,4H2,(H,6,7);2*1-3H/t2-;;/m0../s1. The molecule has 0 aliphatic heterocycles. The number of aliphatic carboxylic acids is 1. The lowest BCUT2D eigenvalue weighted by Crippen LogP contribution is -2.33. The Morgan fingerprint density at radius 3 is 1.76 bits per heavy atom. The lowest BCUT2D eigenvalue weighted by Gasteiger charge is -1.96. The van der Waals surface area contributed by atoms with Crippen molar-refractivity contribution < 1.29 is 15.0 Å². The van der Waals surface area contributed by atoms with E-state index in [2.05, 4.69) is 9.97 Å². The van der Waals surface area contributed by atoms with E-state index >= 15 is 0 Å². The Bertz CT molecular complexity index is 293. The second-order valence-electron chi connectivity index (χ2n) is 2.48. The van der Waals surface area contributed by atoms with Crippen LogP contribution in [0.15, 0.2) is 34.2 Å². The number of hydrogen-bond donors (Lipinski definition) is 3. The molecule has 0 aliphatic rings. The van der Waals surface area contributed by atoms with Gasteiger partial charge in [-0.25, -0.2) is 0 Å². The topological polar surface area (TPSA) is 109 Å². The van der Waals surface area contributed by atoms with Crippen LogP contribution in [-0.2, 0) is 4.79 Å². The minimum atomic E-state index is -1.18. The van der Waals surface area contributed by atoms with Gasteiger partial charge in [0, 0.05) is 23.2 Å². The van der Waals surface area contributed by atoms with Gasteiger partial charge in [0.15, 0.2) is 0 Å². The molecular formula is C9H13N3O3S2. The first-order valence-corrected chi connectivity index (χ1v) is 6.30. The number of carboxylic acids is 1. The molecule has 2 rings (SSSR count). The molecule has 0 spiro atoms. The van der Waals surface area contributed by atoms with E-state index < -0.39 is 18.6 Å². The normalized spacial score (nSPS) is 10.2. The minimum absolute atomic E-state index is 0.505. The number of carbonyl (C=O) groups is 1. The number of aromatic nitrogens is 2. The van der Waals surface area contributed by atoms with Gasteiger partial charge in [0.2, 0.25) is 0 Å². The zero-order valence-corrected chi connectivity index (χ0v) is 10.5. The van der Waals surface area contributed by atoms with Crippen LogP contribution in [0.4, 0.5) is 0 Å². The fourth-order valence-electron chi connectivity index (χ4n) is 0.429. The summed E-state index contributed by atoms with van der Waals surface area (Å²) in [4.78, 5) is 17.1. The van der Waals surface area contributed by atoms with E-state index in [4.69, 9.17) is 15.9 Å². The van der Waals surface area contributed by atoms with Crippen LogP contribution >= 0.6 is 22.7 Å². The summed E-state index contributed by atoms with van der Waals surface area (Å²) in [5.74, 6) is -1.18. The molecule has 6 nitrogen and oxygen atoms in total. The third kappa shape index (κ3) is 10.9. The van der Waals surface area contributed by atoms with Gasteiger partial charge in [-0.05, 0) is 0 Å². The van der Waals surface area contributed by atoms with Crippen LogP contribution < -0.4 is 5.73 Å².